The van der Waals surface area contributed by atoms with E-state index in [1.54, 1.807) is 36.3 Å². The topological polar surface area (TPSA) is 106 Å². The van der Waals surface area contributed by atoms with Crippen molar-refractivity contribution in [3.63, 3.8) is 0 Å². The summed E-state index contributed by atoms with van der Waals surface area (Å²) in [4.78, 5) is 26.5. The van der Waals surface area contributed by atoms with Gasteiger partial charge in [-0.3, -0.25) is 9.89 Å². The van der Waals surface area contributed by atoms with Gasteiger partial charge in [0.25, 0.3) is 5.91 Å². The Hall–Kier alpha value is -3.23. The quantitative estimate of drug-likeness (QED) is 0.701. The van der Waals surface area contributed by atoms with Crippen molar-refractivity contribution in [2.75, 3.05) is 26.8 Å². The average molecular weight is 416 g/mol. The van der Waals surface area contributed by atoms with Crippen LogP contribution in [-0.4, -0.2) is 59.5 Å². The summed E-state index contributed by atoms with van der Waals surface area (Å²) < 4.78 is 16.2. The van der Waals surface area contributed by atoms with Crippen LogP contribution in [0.25, 0.3) is 0 Å². The maximum Gasteiger partial charge on any atom is 0.410 e. The van der Waals surface area contributed by atoms with Crippen LogP contribution in [0.15, 0.2) is 24.3 Å². The zero-order chi connectivity index (χ0) is 21.7. The second kappa shape index (κ2) is 9.06. The van der Waals surface area contributed by atoms with Gasteiger partial charge >= 0.3 is 6.09 Å². The predicted molar refractivity (Wildman–Crippen MR) is 110 cm³/mol. The highest BCUT2D eigenvalue weighted by Gasteiger charge is 2.30. The fourth-order valence-corrected chi connectivity index (χ4v) is 3.05. The summed E-state index contributed by atoms with van der Waals surface area (Å²) in [5, 5.41) is 9.87. The molecule has 2 aromatic rings. The van der Waals surface area contributed by atoms with E-state index in [-0.39, 0.29) is 12.5 Å². The second-order valence-electron chi connectivity index (χ2n) is 7.96. The molecule has 2 amide bonds. The Morgan fingerprint density at radius 3 is 2.57 bits per heavy atom. The van der Waals surface area contributed by atoms with E-state index in [0.29, 0.717) is 37.6 Å². The molecule has 1 aliphatic heterocycles. The van der Waals surface area contributed by atoms with Gasteiger partial charge in [0.2, 0.25) is 0 Å². The van der Waals surface area contributed by atoms with Crippen molar-refractivity contribution in [2.24, 2.45) is 0 Å². The van der Waals surface area contributed by atoms with Gasteiger partial charge in [-0.05, 0) is 45.0 Å². The van der Waals surface area contributed by atoms with Gasteiger partial charge in [-0.25, -0.2) is 4.79 Å². The van der Waals surface area contributed by atoms with Crippen LogP contribution in [-0.2, 0) is 17.7 Å². The first kappa shape index (κ1) is 21.5. The molecule has 30 heavy (non-hydrogen) atoms. The van der Waals surface area contributed by atoms with Crippen LogP contribution in [0, 0.1) is 0 Å². The lowest BCUT2D eigenvalue weighted by Gasteiger charge is -2.30. The number of nitrogens with zero attached hydrogens (tertiary/aromatic N) is 2. The van der Waals surface area contributed by atoms with E-state index in [0.717, 1.165) is 17.0 Å². The van der Waals surface area contributed by atoms with E-state index >= 15 is 0 Å². The van der Waals surface area contributed by atoms with Gasteiger partial charge in [-0.15, -0.1) is 0 Å². The zero-order valence-electron chi connectivity index (χ0n) is 17.8. The zero-order valence-corrected chi connectivity index (χ0v) is 17.8. The van der Waals surface area contributed by atoms with Crippen LogP contribution in [0.1, 0.15) is 42.5 Å². The van der Waals surface area contributed by atoms with Gasteiger partial charge in [0.05, 0.1) is 20.2 Å². The van der Waals surface area contributed by atoms with Crippen molar-refractivity contribution in [2.45, 2.75) is 39.3 Å². The summed E-state index contributed by atoms with van der Waals surface area (Å²) in [7, 11) is 1.60. The third-order valence-corrected chi connectivity index (χ3v) is 4.52. The summed E-state index contributed by atoms with van der Waals surface area (Å²) in [5.74, 6) is 1.13. The fraction of sp³-hybridized carbons (Fsp3) is 0.476. The normalized spacial score (nSPS) is 13.4. The molecular formula is C21H28N4O5. The number of hydrogen-bond donors (Lipinski definition) is 2. The molecule has 0 unspecified atom stereocenters. The monoisotopic (exact) mass is 416 g/mol. The second-order valence-corrected chi connectivity index (χ2v) is 7.96. The molecule has 2 heterocycles. The molecule has 3 rings (SSSR count). The van der Waals surface area contributed by atoms with E-state index in [9.17, 15) is 9.59 Å². The highest BCUT2D eigenvalue weighted by molar-refractivity contribution is 5.94. The minimum absolute atomic E-state index is 0.284. The number of nitrogens with one attached hydrogen (secondary N) is 2. The molecule has 162 valence electrons. The molecular weight excluding hydrogens is 388 g/mol. The van der Waals surface area contributed by atoms with Crippen molar-refractivity contribution in [3.05, 3.63) is 41.2 Å². The number of benzene rings is 1. The summed E-state index contributed by atoms with van der Waals surface area (Å²) >= 11 is 0. The van der Waals surface area contributed by atoms with Gasteiger partial charge in [-0.1, -0.05) is 0 Å². The van der Waals surface area contributed by atoms with E-state index in [2.05, 4.69) is 15.5 Å². The molecule has 1 aromatic heterocycles. The van der Waals surface area contributed by atoms with E-state index in [4.69, 9.17) is 14.2 Å². The van der Waals surface area contributed by atoms with Crippen LogP contribution in [0.5, 0.6) is 11.5 Å². The number of aromatic nitrogens is 2. The largest absolute Gasteiger partial charge is 0.497 e. The minimum Gasteiger partial charge on any atom is -0.497 e. The molecule has 0 aliphatic carbocycles. The number of aromatic amines is 1. The smallest absolute Gasteiger partial charge is 0.410 e. The van der Waals surface area contributed by atoms with Crippen molar-refractivity contribution < 1.29 is 23.8 Å². The lowest BCUT2D eigenvalue weighted by atomic mass is 10.1. The van der Waals surface area contributed by atoms with Gasteiger partial charge in [0.15, 0.2) is 5.69 Å². The van der Waals surface area contributed by atoms with Crippen molar-refractivity contribution in [1.82, 2.24) is 20.4 Å². The number of hydrogen-bond acceptors (Lipinski definition) is 6. The lowest BCUT2D eigenvalue weighted by molar-refractivity contribution is 0.0222. The number of methoxy groups -OCH3 is 1. The molecule has 0 radical (unpaired) electrons. The lowest BCUT2D eigenvalue weighted by Crippen LogP contribution is -2.40. The summed E-state index contributed by atoms with van der Waals surface area (Å²) in [6, 6.07) is 7.21. The maximum atomic E-state index is 12.6. The SMILES string of the molecule is COc1ccc(OCCNC(=O)c2n[nH]c3c2CN(C(=O)OC(C)(C)C)CC3)cc1. The van der Waals surface area contributed by atoms with Crippen LogP contribution in [0.2, 0.25) is 0 Å². The first-order chi connectivity index (χ1) is 14.3. The first-order valence-corrected chi connectivity index (χ1v) is 9.86. The summed E-state index contributed by atoms with van der Waals surface area (Å²) in [6.07, 6.45) is 0.198. The van der Waals surface area contributed by atoms with Crippen molar-refractivity contribution in [1.29, 1.82) is 0 Å². The Balaban J connectivity index is 1.52. The minimum atomic E-state index is -0.572. The van der Waals surface area contributed by atoms with Crippen LogP contribution >= 0.6 is 0 Å². The number of H-pyrrole nitrogens is 1. The number of amides is 2. The maximum absolute atomic E-state index is 12.6. The van der Waals surface area contributed by atoms with Gasteiger partial charge < -0.3 is 24.4 Å². The molecule has 0 bridgehead atoms. The fourth-order valence-electron chi connectivity index (χ4n) is 3.05. The van der Waals surface area contributed by atoms with Crippen molar-refractivity contribution >= 4 is 12.0 Å². The number of ether oxygens (including phenoxy) is 3. The number of carbonyl (C=O) groups is 2. The van der Waals surface area contributed by atoms with Crippen molar-refractivity contribution in [3.8, 4) is 11.5 Å². The molecule has 0 fully saturated rings. The van der Waals surface area contributed by atoms with E-state index < -0.39 is 11.7 Å². The molecule has 0 saturated carbocycles. The first-order valence-electron chi connectivity index (χ1n) is 9.86. The highest BCUT2D eigenvalue weighted by Crippen LogP contribution is 2.22. The molecule has 9 heteroatoms. The Kier molecular flexibility index (Phi) is 6.49. The molecule has 1 aliphatic rings. The van der Waals surface area contributed by atoms with Crippen LogP contribution in [0.3, 0.4) is 0 Å². The van der Waals surface area contributed by atoms with E-state index in [1.807, 2.05) is 20.8 Å². The average Bonchev–Trinajstić information content (AvgIpc) is 3.13. The third kappa shape index (κ3) is 5.43. The van der Waals surface area contributed by atoms with Gasteiger partial charge in [0.1, 0.15) is 23.7 Å². The Labute approximate surface area is 175 Å². The molecule has 2 N–H and O–H groups in total. The molecule has 1 aromatic carbocycles. The standard InChI is InChI=1S/C21H28N4O5/c1-21(2,3)30-20(27)25-11-9-17-16(13-25)18(24-23-17)19(26)22-10-12-29-15-7-5-14(28-4)6-8-15/h5-8H,9-13H2,1-4H3,(H,22,26)(H,23,24). The Morgan fingerprint density at radius 1 is 1.20 bits per heavy atom. The van der Waals surface area contributed by atoms with Gasteiger partial charge in [0, 0.05) is 24.2 Å². The molecule has 9 nitrogen and oxygen atoms in total. The van der Waals surface area contributed by atoms with Crippen LogP contribution in [0.4, 0.5) is 4.79 Å². The van der Waals surface area contributed by atoms with Crippen LogP contribution < -0.4 is 14.8 Å². The van der Waals surface area contributed by atoms with Gasteiger partial charge in [-0.2, -0.15) is 5.10 Å². The third-order valence-electron chi connectivity index (χ3n) is 4.52. The summed E-state index contributed by atoms with van der Waals surface area (Å²) in [6.45, 7) is 6.91. The summed E-state index contributed by atoms with van der Waals surface area (Å²) in [5.41, 5.74) is 1.32. The molecule has 0 atom stereocenters. The number of rotatable bonds is 6. The number of fused-ring (bicyclic) bond motifs is 1. The molecule has 0 spiro atoms. The molecule has 0 saturated heterocycles. The predicted octanol–water partition coefficient (Wildman–Crippen LogP) is 2.52. The highest BCUT2D eigenvalue weighted by atomic mass is 16.6. The number of carbonyl (C=O) groups excluding carboxylic acids is 2. The van der Waals surface area contributed by atoms with E-state index in [1.165, 1.54) is 0 Å². The Bertz CT molecular complexity index is 886. The Morgan fingerprint density at radius 2 is 1.90 bits per heavy atom.